The highest BCUT2D eigenvalue weighted by Gasteiger charge is 2.50. The van der Waals surface area contributed by atoms with E-state index in [1.807, 2.05) is 0 Å². The maximum Gasteiger partial charge on any atom is 0.134 e. The Morgan fingerprint density at radius 3 is 1.88 bits per heavy atom. The van der Waals surface area contributed by atoms with Crippen LogP contribution in [0.3, 0.4) is 0 Å². The van der Waals surface area contributed by atoms with Gasteiger partial charge in [0.1, 0.15) is 5.78 Å². The van der Waals surface area contributed by atoms with Crippen molar-refractivity contribution in [3.8, 4) is 0 Å². The number of carbonyl (C=O) groups is 1. The molecule has 1 rings (SSSR count). The molecule has 1 aliphatic heterocycles. The number of hydrogen-bond acceptors (Lipinski definition) is 1. The van der Waals surface area contributed by atoms with Crippen LogP contribution in [0.1, 0.15) is 72.6 Å². The molecule has 2 atom stereocenters. The molecule has 0 aromatic carbocycles. The summed E-state index contributed by atoms with van der Waals surface area (Å²) in [6.45, 7) is 11.6. The van der Waals surface area contributed by atoms with Crippen LogP contribution in [0.4, 0.5) is 0 Å². The van der Waals surface area contributed by atoms with Crippen LogP contribution in [0.5, 0.6) is 0 Å². The molecule has 0 amide bonds. The predicted molar refractivity (Wildman–Crippen MR) is 78.3 cm³/mol. The Bertz CT molecular complexity index is 270. The van der Waals surface area contributed by atoms with Gasteiger partial charge in [-0.15, -0.1) is 0 Å². The zero-order valence-electron chi connectivity index (χ0n) is 12.3. The van der Waals surface area contributed by atoms with Crippen LogP contribution in [0.2, 0.25) is 0 Å². The first-order chi connectivity index (χ1) is 8.00. The lowest BCUT2D eigenvalue weighted by atomic mass is 9.86. The van der Waals surface area contributed by atoms with Crippen molar-refractivity contribution in [3.05, 3.63) is 0 Å². The summed E-state index contributed by atoms with van der Waals surface area (Å²) in [6.07, 6.45) is 7.74. The number of ketones is 1. The molecular weight excluding hydrogens is 227 g/mol. The normalized spacial score (nSPS) is 32.8. The first-order valence-electron chi connectivity index (χ1n) is 7.26. The van der Waals surface area contributed by atoms with E-state index in [-0.39, 0.29) is 7.92 Å². The molecule has 0 aromatic heterocycles. The quantitative estimate of drug-likeness (QED) is 0.635. The molecule has 0 bridgehead atoms. The Labute approximate surface area is 109 Å². The molecule has 0 saturated carbocycles. The van der Waals surface area contributed by atoms with Crippen molar-refractivity contribution in [1.29, 1.82) is 0 Å². The number of hydrogen-bond donors (Lipinski definition) is 0. The van der Waals surface area contributed by atoms with Gasteiger partial charge in [0.25, 0.3) is 0 Å². The van der Waals surface area contributed by atoms with Gasteiger partial charge < -0.3 is 0 Å². The van der Waals surface area contributed by atoms with Gasteiger partial charge in [0.05, 0.1) is 0 Å². The van der Waals surface area contributed by atoms with E-state index in [2.05, 4.69) is 34.4 Å². The molecule has 1 heterocycles. The van der Waals surface area contributed by atoms with Gasteiger partial charge in [0.2, 0.25) is 0 Å². The lowest BCUT2D eigenvalue weighted by Crippen LogP contribution is -2.45. The second-order valence-corrected chi connectivity index (χ2v) is 8.73. The first-order valence-corrected chi connectivity index (χ1v) is 9.04. The Hall–Kier alpha value is 0.100. The lowest BCUT2D eigenvalue weighted by Gasteiger charge is -2.53. The van der Waals surface area contributed by atoms with Gasteiger partial charge in [-0.05, 0) is 42.7 Å². The van der Waals surface area contributed by atoms with Crippen LogP contribution in [-0.2, 0) is 4.79 Å². The number of rotatable bonds is 5. The van der Waals surface area contributed by atoms with E-state index >= 15 is 0 Å². The van der Waals surface area contributed by atoms with E-state index in [4.69, 9.17) is 0 Å². The molecular formula is C15H29OP. The fourth-order valence-electron chi connectivity index (χ4n) is 3.77. The molecule has 2 unspecified atom stereocenters. The molecule has 1 nitrogen and oxygen atoms in total. The number of carbonyl (C=O) groups excluding carboxylic acids is 1. The second kappa shape index (κ2) is 5.83. The summed E-state index contributed by atoms with van der Waals surface area (Å²) < 4.78 is 0. The van der Waals surface area contributed by atoms with Crippen molar-refractivity contribution in [3.63, 3.8) is 0 Å². The SMILES string of the molecule is CCCC1(CC)CC(=O)CC(CC)(CC)P1C. The van der Waals surface area contributed by atoms with E-state index < -0.39 is 0 Å². The zero-order valence-corrected chi connectivity index (χ0v) is 13.2. The highest BCUT2D eigenvalue weighted by molar-refractivity contribution is 7.60. The summed E-state index contributed by atoms with van der Waals surface area (Å²) in [6, 6.07) is 0. The fourth-order valence-corrected chi connectivity index (χ4v) is 7.59. The smallest absolute Gasteiger partial charge is 0.134 e. The summed E-state index contributed by atoms with van der Waals surface area (Å²) in [4.78, 5) is 12.2. The summed E-state index contributed by atoms with van der Waals surface area (Å²) in [5.41, 5.74) is 0. The van der Waals surface area contributed by atoms with Gasteiger partial charge in [0, 0.05) is 12.8 Å². The average Bonchev–Trinajstić information content (AvgIpc) is 2.33. The summed E-state index contributed by atoms with van der Waals surface area (Å²) >= 11 is 0. The molecule has 100 valence electrons. The molecule has 2 heteroatoms. The Kier molecular flexibility index (Phi) is 5.20. The van der Waals surface area contributed by atoms with Crippen LogP contribution in [0.15, 0.2) is 0 Å². The molecule has 0 N–H and O–H groups in total. The van der Waals surface area contributed by atoms with E-state index in [1.165, 1.54) is 32.1 Å². The fraction of sp³-hybridized carbons (Fsp3) is 0.933. The number of Topliss-reactive ketones (excluding diaryl/α,β-unsaturated/α-hetero) is 1. The maximum atomic E-state index is 12.2. The van der Waals surface area contributed by atoms with Gasteiger partial charge in [-0.2, -0.15) is 0 Å². The van der Waals surface area contributed by atoms with E-state index in [1.54, 1.807) is 0 Å². The molecule has 1 saturated heterocycles. The Morgan fingerprint density at radius 1 is 1.00 bits per heavy atom. The minimum Gasteiger partial charge on any atom is -0.300 e. The van der Waals surface area contributed by atoms with Crippen molar-refractivity contribution in [2.24, 2.45) is 0 Å². The Balaban J connectivity index is 3.10. The zero-order chi connectivity index (χ0) is 13.1. The maximum absolute atomic E-state index is 12.2. The third-order valence-electron chi connectivity index (χ3n) is 5.17. The van der Waals surface area contributed by atoms with Crippen molar-refractivity contribution in [2.45, 2.75) is 83.0 Å². The molecule has 17 heavy (non-hydrogen) atoms. The van der Waals surface area contributed by atoms with E-state index in [0.29, 0.717) is 16.1 Å². The molecule has 0 radical (unpaired) electrons. The summed E-state index contributed by atoms with van der Waals surface area (Å²) in [5.74, 6) is 0.532. The van der Waals surface area contributed by atoms with E-state index in [9.17, 15) is 4.79 Å². The first kappa shape index (κ1) is 15.2. The third kappa shape index (κ3) is 2.60. The Morgan fingerprint density at radius 2 is 1.47 bits per heavy atom. The topological polar surface area (TPSA) is 17.1 Å². The van der Waals surface area contributed by atoms with E-state index in [0.717, 1.165) is 12.8 Å². The van der Waals surface area contributed by atoms with Crippen molar-refractivity contribution >= 4 is 13.7 Å². The summed E-state index contributed by atoms with van der Waals surface area (Å²) in [5, 5.41) is 0.696. The largest absolute Gasteiger partial charge is 0.300 e. The standard InChI is InChI=1S/C15H29OP/c1-6-10-15(9-4)12-13(16)11-14(7-2,8-3)17(15)5/h6-12H2,1-5H3. The monoisotopic (exact) mass is 256 g/mol. The van der Waals surface area contributed by atoms with Crippen LogP contribution in [0.25, 0.3) is 0 Å². The van der Waals surface area contributed by atoms with Crippen LogP contribution >= 0.6 is 7.92 Å². The molecule has 0 aromatic rings. The highest BCUT2D eigenvalue weighted by atomic mass is 31.1. The molecule has 0 spiro atoms. The minimum atomic E-state index is -0.0407. The molecule has 1 fully saturated rings. The van der Waals surface area contributed by atoms with Crippen LogP contribution in [0, 0.1) is 0 Å². The van der Waals surface area contributed by atoms with Crippen LogP contribution < -0.4 is 0 Å². The van der Waals surface area contributed by atoms with Gasteiger partial charge in [-0.25, -0.2) is 0 Å². The summed E-state index contributed by atoms with van der Waals surface area (Å²) in [7, 11) is -0.0407. The highest BCUT2D eigenvalue weighted by Crippen LogP contribution is 2.68. The second-order valence-electron chi connectivity index (χ2n) is 5.71. The van der Waals surface area contributed by atoms with Gasteiger partial charge in [-0.1, -0.05) is 42.0 Å². The van der Waals surface area contributed by atoms with Gasteiger partial charge in [-0.3, -0.25) is 4.79 Å². The van der Waals surface area contributed by atoms with Gasteiger partial charge in [0.15, 0.2) is 0 Å². The third-order valence-corrected chi connectivity index (χ3v) is 9.50. The van der Waals surface area contributed by atoms with Crippen molar-refractivity contribution in [2.75, 3.05) is 6.66 Å². The predicted octanol–water partition coefficient (Wildman–Crippen LogP) is 4.97. The minimum absolute atomic E-state index is 0.0407. The van der Waals surface area contributed by atoms with Crippen molar-refractivity contribution in [1.82, 2.24) is 0 Å². The molecule has 0 aliphatic carbocycles. The molecule has 1 aliphatic rings. The van der Waals surface area contributed by atoms with Crippen molar-refractivity contribution < 1.29 is 4.79 Å². The van der Waals surface area contributed by atoms with Gasteiger partial charge >= 0.3 is 0 Å². The lowest BCUT2D eigenvalue weighted by molar-refractivity contribution is -0.121. The average molecular weight is 256 g/mol. The van der Waals surface area contributed by atoms with Crippen LogP contribution in [-0.4, -0.2) is 22.8 Å².